The molecule has 0 unspecified atom stereocenters. The average molecular weight is 365 g/mol. The van der Waals surface area contributed by atoms with Crippen molar-refractivity contribution < 1.29 is 9.90 Å². The van der Waals surface area contributed by atoms with Crippen molar-refractivity contribution in [1.82, 2.24) is 24.6 Å². The van der Waals surface area contributed by atoms with Gasteiger partial charge in [0.15, 0.2) is 0 Å². The molecule has 1 aliphatic heterocycles. The standard InChI is InChI=1S/C20H23N5O2/c26-19-12-24(20(27)6-3-9-25-14-21-13-23-25)11-16(19)10-15-7-8-22-18-5-2-1-4-17(15)18/h1-2,4-5,7-8,13-14,16,19,26H,3,6,9-12H2/t16-,19+/m1/s1. The van der Waals surface area contributed by atoms with Gasteiger partial charge in [-0.1, -0.05) is 18.2 Å². The molecule has 2 atom stereocenters. The molecule has 27 heavy (non-hydrogen) atoms. The molecule has 1 aromatic carbocycles. The fraction of sp³-hybridized carbons (Fsp3) is 0.400. The molecule has 1 amide bonds. The number of β-amino-alcohol motifs (C(OH)–C–C–N with tert-alkyl or cyclic N) is 1. The molecule has 2 aromatic heterocycles. The molecule has 0 aliphatic carbocycles. The van der Waals surface area contributed by atoms with Crippen LogP contribution in [0.25, 0.3) is 10.9 Å². The van der Waals surface area contributed by atoms with Crippen LogP contribution in [0, 0.1) is 5.92 Å². The van der Waals surface area contributed by atoms with E-state index in [0.29, 0.717) is 32.5 Å². The molecule has 7 heteroatoms. The molecule has 7 nitrogen and oxygen atoms in total. The van der Waals surface area contributed by atoms with E-state index in [0.717, 1.165) is 17.3 Å². The first kappa shape index (κ1) is 17.6. The lowest BCUT2D eigenvalue weighted by Gasteiger charge is -2.16. The van der Waals surface area contributed by atoms with Gasteiger partial charge in [-0.05, 0) is 30.5 Å². The highest BCUT2D eigenvalue weighted by molar-refractivity contribution is 5.82. The summed E-state index contributed by atoms with van der Waals surface area (Å²) in [5, 5.41) is 15.6. The highest BCUT2D eigenvalue weighted by Crippen LogP contribution is 2.25. The lowest BCUT2D eigenvalue weighted by molar-refractivity contribution is -0.130. The number of aromatic nitrogens is 4. The quantitative estimate of drug-likeness (QED) is 0.718. The fourth-order valence-corrected chi connectivity index (χ4v) is 3.77. The Balaban J connectivity index is 1.35. The van der Waals surface area contributed by atoms with Crippen LogP contribution in [0.15, 0.2) is 49.2 Å². The summed E-state index contributed by atoms with van der Waals surface area (Å²) >= 11 is 0. The summed E-state index contributed by atoms with van der Waals surface area (Å²) in [6, 6.07) is 10.0. The Morgan fingerprint density at radius 3 is 2.96 bits per heavy atom. The monoisotopic (exact) mass is 365 g/mol. The van der Waals surface area contributed by atoms with Gasteiger partial charge in [0.1, 0.15) is 12.7 Å². The van der Waals surface area contributed by atoms with Crippen molar-refractivity contribution in [2.75, 3.05) is 13.1 Å². The Bertz CT molecular complexity index is 906. The van der Waals surface area contributed by atoms with Crippen molar-refractivity contribution in [1.29, 1.82) is 0 Å². The predicted molar refractivity (Wildman–Crippen MR) is 101 cm³/mol. The minimum absolute atomic E-state index is 0.0510. The number of likely N-dealkylation sites (tertiary alicyclic amines) is 1. The molecular formula is C20H23N5O2. The number of fused-ring (bicyclic) bond motifs is 1. The fourth-order valence-electron chi connectivity index (χ4n) is 3.77. The van der Waals surface area contributed by atoms with Gasteiger partial charge >= 0.3 is 0 Å². The topological polar surface area (TPSA) is 84.1 Å². The first-order chi connectivity index (χ1) is 13.2. The average Bonchev–Trinajstić information content (AvgIpc) is 3.32. The lowest BCUT2D eigenvalue weighted by atomic mass is 9.94. The van der Waals surface area contributed by atoms with Crippen molar-refractivity contribution in [2.45, 2.75) is 31.9 Å². The summed E-state index contributed by atoms with van der Waals surface area (Å²) in [5.74, 6) is 0.145. The van der Waals surface area contributed by atoms with Gasteiger partial charge in [-0.15, -0.1) is 0 Å². The summed E-state index contributed by atoms with van der Waals surface area (Å²) in [6.45, 7) is 1.68. The zero-order chi connectivity index (χ0) is 18.6. The zero-order valence-electron chi connectivity index (χ0n) is 15.1. The van der Waals surface area contributed by atoms with Crippen LogP contribution in [-0.4, -0.2) is 54.9 Å². The van der Waals surface area contributed by atoms with Crippen LogP contribution < -0.4 is 0 Å². The van der Waals surface area contributed by atoms with Gasteiger partial charge in [0, 0.05) is 43.6 Å². The van der Waals surface area contributed by atoms with Crippen molar-refractivity contribution in [3.8, 4) is 0 Å². The lowest BCUT2D eigenvalue weighted by Crippen LogP contribution is -2.29. The maximum Gasteiger partial charge on any atom is 0.222 e. The van der Waals surface area contributed by atoms with E-state index in [2.05, 4.69) is 21.1 Å². The molecule has 140 valence electrons. The van der Waals surface area contributed by atoms with E-state index in [9.17, 15) is 9.90 Å². The molecule has 1 N–H and O–H groups in total. The molecule has 3 heterocycles. The molecule has 4 rings (SSSR count). The molecular weight excluding hydrogens is 342 g/mol. The van der Waals surface area contributed by atoms with E-state index in [1.807, 2.05) is 30.5 Å². The normalized spacial score (nSPS) is 19.7. The number of pyridine rings is 1. The van der Waals surface area contributed by atoms with Gasteiger partial charge in [0.05, 0.1) is 11.6 Å². The Morgan fingerprint density at radius 2 is 2.11 bits per heavy atom. The van der Waals surface area contributed by atoms with Gasteiger partial charge in [0.2, 0.25) is 5.91 Å². The summed E-state index contributed by atoms with van der Waals surface area (Å²) in [6.07, 6.45) is 6.38. The van der Waals surface area contributed by atoms with E-state index >= 15 is 0 Å². The number of hydrogen-bond acceptors (Lipinski definition) is 5. The molecule has 1 aliphatic rings. The molecule has 1 saturated heterocycles. The summed E-state index contributed by atoms with van der Waals surface area (Å²) < 4.78 is 1.73. The molecule has 0 saturated carbocycles. The van der Waals surface area contributed by atoms with Crippen molar-refractivity contribution >= 4 is 16.8 Å². The van der Waals surface area contributed by atoms with Crippen LogP contribution in [0.4, 0.5) is 0 Å². The number of carbonyl (C=O) groups excluding carboxylic acids is 1. The molecule has 1 fully saturated rings. The summed E-state index contributed by atoms with van der Waals surface area (Å²) in [5.41, 5.74) is 2.13. The third-order valence-corrected chi connectivity index (χ3v) is 5.23. The Morgan fingerprint density at radius 1 is 1.22 bits per heavy atom. The second-order valence-corrected chi connectivity index (χ2v) is 7.08. The Labute approximate surface area is 157 Å². The van der Waals surface area contributed by atoms with Crippen LogP contribution >= 0.6 is 0 Å². The van der Waals surface area contributed by atoms with Crippen molar-refractivity contribution in [3.63, 3.8) is 0 Å². The minimum Gasteiger partial charge on any atom is -0.391 e. The Kier molecular flexibility index (Phi) is 5.11. The van der Waals surface area contributed by atoms with E-state index in [4.69, 9.17) is 0 Å². The number of amides is 1. The summed E-state index contributed by atoms with van der Waals surface area (Å²) in [7, 11) is 0. The van der Waals surface area contributed by atoms with Gasteiger partial charge in [0.25, 0.3) is 0 Å². The van der Waals surface area contributed by atoms with Crippen LogP contribution in [0.2, 0.25) is 0 Å². The molecule has 0 spiro atoms. The SMILES string of the molecule is O=C(CCCn1cncn1)N1C[C@@H](Cc2ccnc3ccccc23)[C@@H](O)C1. The minimum atomic E-state index is -0.490. The van der Waals surface area contributed by atoms with Gasteiger partial charge in [-0.2, -0.15) is 5.10 Å². The number of rotatable bonds is 6. The predicted octanol–water partition coefficient (Wildman–Crippen LogP) is 1.67. The maximum absolute atomic E-state index is 12.5. The molecule has 3 aromatic rings. The van der Waals surface area contributed by atoms with Crippen molar-refractivity contribution in [2.24, 2.45) is 5.92 Å². The second-order valence-electron chi connectivity index (χ2n) is 7.08. The van der Waals surface area contributed by atoms with E-state index in [-0.39, 0.29) is 11.8 Å². The number of nitrogens with zero attached hydrogens (tertiary/aromatic N) is 5. The number of aryl methyl sites for hydroxylation is 1. The van der Waals surface area contributed by atoms with Gasteiger partial charge in [-0.25, -0.2) is 4.98 Å². The number of hydrogen-bond donors (Lipinski definition) is 1. The number of benzene rings is 1. The first-order valence-corrected chi connectivity index (χ1v) is 9.31. The third kappa shape index (κ3) is 3.98. The number of para-hydroxylation sites is 1. The maximum atomic E-state index is 12.5. The smallest absolute Gasteiger partial charge is 0.222 e. The van der Waals surface area contributed by atoms with Gasteiger partial charge < -0.3 is 10.0 Å². The first-order valence-electron chi connectivity index (χ1n) is 9.31. The number of aliphatic hydroxyl groups is 1. The zero-order valence-corrected chi connectivity index (χ0v) is 15.1. The van der Waals surface area contributed by atoms with Crippen molar-refractivity contribution in [3.05, 3.63) is 54.7 Å². The van der Waals surface area contributed by atoms with Crippen LogP contribution in [0.1, 0.15) is 18.4 Å². The largest absolute Gasteiger partial charge is 0.391 e. The van der Waals surface area contributed by atoms with Gasteiger partial charge in [-0.3, -0.25) is 14.5 Å². The van der Waals surface area contributed by atoms with Crippen LogP contribution in [-0.2, 0) is 17.8 Å². The van der Waals surface area contributed by atoms with Crippen LogP contribution in [0.5, 0.6) is 0 Å². The molecule has 0 bridgehead atoms. The highest BCUT2D eigenvalue weighted by Gasteiger charge is 2.33. The number of aliphatic hydroxyl groups excluding tert-OH is 1. The third-order valence-electron chi connectivity index (χ3n) is 5.23. The van der Waals surface area contributed by atoms with E-state index in [1.54, 1.807) is 15.9 Å². The Hall–Kier alpha value is -2.80. The number of carbonyl (C=O) groups is 1. The molecule has 0 radical (unpaired) electrons. The van der Waals surface area contributed by atoms with Crippen LogP contribution in [0.3, 0.4) is 0 Å². The van der Waals surface area contributed by atoms with E-state index in [1.165, 1.54) is 11.9 Å². The summed E-state index contributed by atoms with van der Waals surface area (Å²) in [4.78, 5) is 22.6. The second kappa shape index (κ2) is 7.84. The van der Waals surface area contributed by atoms with E-state index < -0.39 is 6.10 Å². The highest BCUT2D eigenvalue weighted by atomic mass is 16.3.